The smallest absolute Gasteiger partial charge is 0.228 e. The number of hydrogen-bond donors (Lipinski definition) is 2. The summed E-state index contributed by atoms with van der Waals surface area (Å²) in [5, 5.41) is 7.89. The summed E-state index contributed by atoms with van der Waals surface area (Å²) in [6.45, 7) is 3.21. The van der Waals surface area contributed by atoms with Crippen molar-refractivity contribution in [1.82, 2.24) is 24.6 Å². The molecule has 3 aromatic heterocycles. The summed E-state index contributed by atoms with van der Waals surface area (Å²) in [6, 6.07) is 4.43. The Hall–Kier alpha value is -3.75. The molecule has 0 aliphatic carbocycles. The number of aromatic nitrogens is 5. The first kappa shape index (κ1) is 22.7. The second-order valence-electron chi connectivity index (χ2n) is 9.34. The van der Waals surface area contributed by atoms with Crippen molar-refractivity contribution in [3.63, 3.8) is 0 Å². The molecule has 2 aliphatic rings. The molecule has 36 heavy (non-hydrogen) atoms. The molecule has 0 amide bonds. The summed E-state index contributed by atoms with van der Waals surface area (Å²) in [5.41, 5.74) is 8.14. The molecule has 9 nitrogen and oxygen atoms in total. The zero-order valence-electron chi connectivity index (χ0n) is 19.7. The van der Waals surface area contributed by atoms with Crippen molar-refractivity contribution in [2.24, 2.45) is 11.1 Å². The topological polar surface area (TPSA) is 107 Å². The molecule has 186 valence electrons. The first-order valence-corrected chi connectivity index (χ1v) is 11.8. The van der Waals surface area contributed by atoms with Gasteiger partial charge in [0.1, 0.15) is 5.69 Å². The molecule has 2 fully saturated rings. The number of fused-ring (bicyclic) bond motifs is 3. The Morgan fingerprint density at radius 1 is 1.31 bits per heavy atom. The van der Waals surface area contributed by atoms with E-state index in [0.29, 0.717) is 29.0 Å². The van der Waals surface area contributed by atoms with Gasteiger partial charge >= 0.3 is 0 Å². The molecule has 0 saturated carbocycles. The summed E-state index contributed by atoms with van der Waals surface area (Å²) in [6.07, 6.45) is 5.48. The maximum absolute atomic E-state index is 14.5. The van der Waals surface area contributed by atoms with Crippen molar-refractivity contribution in [3.05, 3.63) is 47.7 Å². The number of H-pyrrole nitrogens is 1. The molecule has 6 rings (SSSR count). The van der Waals surface area contributed by atoms with Crippen LogP contribution in [0, 0.1) is 23.1 Å². The molecule has 5 heterocycles. The number of piperidine rings is 1. The van der Waals surface area contributed by atoms with Gasteiger partial charge in [-0.25, -0.2) is 13.8 Å². The molecule has 11 heteroatoms. The highest BCUT2D eigenvalue weighted by Gasteiger charge is 2.47. The van der Waals surface area contributed by atoms with Gasteiger partial charge in [0.15, 0.2) is 22.9 Å². The van der Waals surface area contributed by atoms with Gasteiger partial charge in [-0.1, -0.05) is 12.0 Å². The van der Waals surface area contributed by atoms with E-state index in [-0.39, 0.29) is 28.9 Å². The van der Waals surface area contributed by atoms with Crippen molar-refractivity contribution >= 4 is 22.6 Å². The highest BCUT2D eigenvalue weighted by Crippen LogP contribution is 2.42. The van der Waals surface area contributed by atoms with Crippen LogP contribution in [0.25, 0.3) is 16.7 Å². The fraction of sp³-hybridized carbons (Fsp3) is 0.400. The monoisotopic (exact) mass is 493 g/mol. The molecular weight excluding hydrogens is 468 g/mol. The molecule has 2 aliphatic heterocycles. The first-order valence-electron chi connectivity index (χ1n) is 11.8. The van der Waals surface area contributed by atoms with Crippen LogP contribution in [0.2, 0.25) is 0 Å². The van der Waals surface area contributed by atoms with Crippen LogP contribution in [0.4, 0.5) is 14.7 Å². The Bertz CT molecular complexity index is 1500. The Kier molecular flexibility index (Phi) is 5.50. The number of imidazole rings is 1. The average molecular weight is 494 g/mol. The molecular formula is C25H25F2N7O2. The number of halogens is 2. The third-order valence-corrected chi connectivity index (χ3v) is 7.42. The standard InChI is InChI=1S/C25H25F2N7O2/c1-15-21(28)25(13-35-15)7-10-33(11-8-25)24-30-22-19(23-29-9-12-34(23)24)17(31-32-22)6-5-16-3-2-4-18(20(16)27)36-14-26/h2-4,9,12,15,21H,7-8,10-11,13-14,28H2,1H3,(H,31,32)/t15-,21+/m0/s1. The van der Waals surface area contributed by atoms with Crippen LogP contribution < -0.4 is 15.4 Å². The Morgan fingerprint density at radius 3 is 2.89 bits per heavy atom. The minimum Gasteiger partial charge on any atom is -0.460 e. The lowest BCUT2D eigenvalue weighted by Gasteiger charge is -2.41. The summed E-state index contributed by atoms with van der Waals surface area (Å²) < 4.78 is 39.5. The van der Waals surface area contributed by atoms with Gasteiger partial charge in [0, 0.05) is 36.9 Å². The molecule has 2 atom stereocenters. The number of nitrogens with one attached hydrogen (secondary N) is 1. The van der Waals surface area contributed by atoms with Crippen molar-refractivity contribution in [1.29, 1.82) is 0 Å². The summed E-state index contributed by atoms with van der Waals surface area (Å²) in [7, 11) is 0. The number of benzene rings is 1. The van der Waals surface area contributed by atoms with Crippen LogP contribution in [0.3, 0.4) is 0 Å². The maximum Gasteiger partial charge on any atom is 0.228 e. The quantitative estimate of drug-likeness (QED) is 0.423. The van der Waals surface area contributed by atoms with Crippen LogP contribution in [-0.2, 0) is 4.74 Å². The SMILES string of the molecule is C[C@@H]1OCC2(CCN(c3nc4[nH]nc(C#Cc5cccc(OCF)c5F)c4c4nccn34)CC2)[C@@H]1N. The molecule has 4 aromatic rings. The predicted molar refractivity (Wildman–Crippen MR) is 129 cm³/mol. The molecule has 0 radical (unpaired) electrons. The number of nitrogens with two attached hydrogens (primary N) is 1. The maximum atomic E-state index is 14.5. The van der Waals surface area contributed by atoms with E-state index in [2.05, 4.69) is 36.7 Å². The van der Waals surface area contributed by atoms with Gasteiger partial charge in [-0.05, 0) is 37.8 Å². The van der Waals surface area contributed by atoms with Gasteiger partial charge in [0.25, 0.3) is 0 Å². The third kappa shape index (κ3) is 3.56. The van der Waals surface area contributed by atoms with Crippen molar-refractivity contribution in [2.75, 3.05) is 31.5 Å². The number of hydrogen-bond acceptors (Lipinski definition) is 7. The first-order chi connectivity index (χ1) is 17.5. The Morgan fingerprint density at radius 2 is 2.14 bits per heavy atom. The van der Waals surface area contributed by atoms with Crippen LogP contribution in [-0.4, -0.2) is 63.3 Å². The highest BCUT2D eigenvalue weighted by atomic mass is 19.1. The fourth-order valence-electron chi connectivity index (χ4n) is 5.27. The fourth-order valence-corrected chi connectivity index (χ4v) is 5.27. The molecule has 3 N–H and O–H groups in total. The predicted octanol–water partition coefficient (Wildman–Crippen LogP) is 2.78. The van der Waals surface area contributed by atoms with Crippen molar-refractivity contribution < 1.29 is 18.3 Å². The number of ether oxygens (including phenoxy) is 2. The lowest BCUT2D eigenvalue weighted by atomic mass is 9.73. The van der Waals surface area contributed by atoms with E-state index >= 15 is 0 Å². The zero-order valence-corrected chi connectivity index (χ0v) is 19.7. The van der Waals surface area contributed by atoms with Crippen LogP contribution in [0.5, 0.6) is 5.75 Å². The largest absolute Gasteiger partial charge is 0.460 e. The Labute approximate surface area is 205 Å². The van der Waals surface area contributed by atoms with E-state index < -0.39 is 12.7 Å². The molecule has 0 unspecified atom stereocenters. The van der Waals surface area contributed by atoms with E-state index in [0.717, 1.165) is 31.9 Å². The summed E-state index contributed by atoms with van der Waals surface area (Å²) in [4.78, 5) is 11.6. The number of aromatic amines is 1. The second kappa shape index (κ2) is 8.72. The zero-order chi connectivity index (χ0) is 24.9. The minimum atomic E-state index is -1.12. The van der Waals surface area contributed by atoms with Crippen LogP contribution in [0.1, 0.15) is 31.0 Å². The lowest BCUT2D eigenvalue weighted by Crippen LogP contribution is -2.51. The lowest BCUT2D eigenvalue weighted by molar-refractivity contribution is 0.0973. The normalized spacial score (nSPS) is 21.3. The molecule has 1 spiro atoms. The van der Waals surface area contributed by atoms with Crippen LogP contribution in [0.15, 0.2) is 30.6 Å². The van der Waals surface area contributed by atoms with E-state index in [1.54, 1.807) is 12.3 Å². The summed E-state index contributed by atoms with van der Waals surface area (Å²) in [5.74, 6) is 5.51. The highest BCUT2D eigenvalue weighted by molar-refractivity contribution is 5.94. The van der Waals surface area contributed by atoms with E-state index in [1.165, 1.54) is 12.1 Å². The van der Waals surface area contributed by atoms with Gasteiger partial charge in [-0.2, -0.15) is 10.1 Å². The molecule has 0 bridgehead atoms. The van der Waals surface area contributed by atoms with Crippen molar-refractivity contribution in [2.45, 2.75) is 31.9 Å². The average Bonchev–Trinajstić information content (AvgIpc) is 3.60. The Balaban J connectivity index is 1.33. The van der Waals surface area contributed by atoms with Gasteiger partial charge < -0.3 is 20.1 Å². The van der Waals surface area contributed by atoms with Gasteiger partial charge in [-0.3, -0.25) is 9.50 Å². The number of alkyl halides is 1. The number of anilines is 1. The van der Waals surface area contributed by atoms with E-state index in [9.17, 15) is 8.78 Å². The second-order valence-corrected chi connectivity index (χ2v) is 9.34. The molecule has 2 saturated heterocycles. The van der Waals surface area contributed by atoms with Gasteiger partial charge in [0.2, 0.25) is 12.8 Å². The van der Waals surface area contributed by atoms with Gasteiger partial charge in [-0.15, -0.1) is 0 Å². The summed E-state index contributed by atoms with van der Waals surface area (Å²) >= 11 is 0. The van der Waals surface area contributed by atoms with Gasteiger partial charge in [0.05, 0.1) is 23.7 Å². The number of rotatable bonds is 3. The van der Waals surface area contributed by atoms with E-state index in [4.69, 9.17) is 15.5 Å². The molecule has 1 aromatic carbocycles. The minimum absolute atomic E-state index is 0.00658. The van der Waals surface area contributed by atoms with E-state index in [1.807, 2.05) is 17.5 Å². The van der Waals surface area contributed by atoms with Crippen molar-refractivity contribution in [3.8, 4) is 17.6 Å². The number of nitrogens with zero attached hydrogens (tertiary/aromatic N) is 5. The van der Waals surface area contributed by atoms with Crippen LogP contribution >= 0.6 is 0 Å². The third-order valence-electron chi connectivity index (χ3n) is 7.42.